The highest BCUT2D eigenvalue weighted by Gasteiger charge is 2.31. The van der Waals surface area contributed by atoms with Crippen molar-refractivity contribution in [2.24, 2.45) is 0 Å². The number of fused-ring (bicyclic) bond motifs is 1. The minimum atomic E-state index is -0.788. The lowest BCUT2D eigenvalue weighted by molar-refractivity contribution is 0.0895. The van der Waals surface area contributed by atoms with E-state index in [1.54, 1.807) is 11.9 Å². The lowest BCUT2D eigenvalue weighted by Gasteiger charge is -2.28. The van der Waals surface area contributed by atoms with Crippen molar-refractivity contribution in [3.05, 3.63) is 83.8 Å². The number of anilines is 2. The van der Waals surface area contributed by atoms with E-state index in [4.69, 9.17) is 4.74 Å². The first-order valence-corrected chi connectivity index (χ1v) is 12.1. The van der Waals surface area contributed by atoms with E-state index in [1.165, 1.54) is 13.4 Å². The molecule has 0 radical (unpaired) electrons. The molecule has 1 aliphatic rings. The number of ether oxygens (including phenoxy) is 1. The van der Waals surface area contributed by atoms with Gasteiger partial charge in [0.1, 0.15) is 35.1 Å². The minimum Gasteiger partial charge on any atom is -0.382 e. The average Bonchev–Trinajstić information content (AvgIpc) is 3.58. The molecule has 0 saturated carbocycles. The summed E-state index contributed by atoms with van der Waals surface area (Å²) in [5, 5.41) is 3.72. The molecule has 192 valence electrons. The topological polar surface area (TPSA) is 86.4 Å². The molecule has 5 rings (SSSR count). The number of amides is 1. The zero-order valence-corrected chi connectivity index (χ0v) is 20.6. The third kappa shape index (κ3) is 4.97. The van der Waals surface area contributed by atoms with E-state index in [1.807, 2.05) is 42.6 Å². The number of nitrogens with one attached hydrogen (secondary N) is 2. The first-order valence-electron chi connectivity index (χ1n) is 12.1. The maximum absolute atomic E-state index is 15.2. The van der Waals surface area contributed by atoms with E-state index in [9.17, 15) is 4.79 Å². The van der Waals surface area contributed by atoms with Crippen molar-refractivity contribution < 1.29 is 18.3 Å². The SMILES string of the molecule is COC[C@@H](NC(=O)c1cc(F)c(N(C)[C@@H]2CCN(c3ncnc4[nH]ccc34)C2)c(F)c1)c1ccccc1. The van der Waals surface area contributed by atoms with Gasteiger partial charge in [0.15, 0.2) is 0 Å². The van der Waals surface area contributed by atoms with Crippen molar-refractivity contribution in [3.63, 3.8) is 0 Å². The summed E-state index contributed by atoms with van der Waals surface area (Å²) in [5.74, 6) is -1.36. The van der Waals surface area contributed by atoms with Gasteiger partial charge in [0.2, 0.25) is 0 Å². The molecule has 1 aliphatic heterocycles. The van der Waals surface area contributed by atoms with Gasteiger partial charge in [0.05, 0.1) is 18.0 Å². The summed E-state index contributed by atoms with van der Waals surface area (Å²) in [7, 11) is 3.20. The van der Waals surface area contributed by atoms with E-state index in [2.05, 4.69) is 25.2 Å². The molecule has 2 N–H and O–H groups in total. The molecule has 4 aromatic rings. The highest BCUT2D eigenvalue weighted by atomic mass is 19.1. The summed E-state index contributed by atoms with van der Waals surface area (Å²) in [6.45, 7) is 1.46. The van der Waals surface area contributed by atoms with Crippen molar-refractivity contribution in [2.45, 2.75) is 18.5 Å². The number of halogens is 2. The third-order valence-electron chi connectivity index (χ3n) is 6.82. The Labute approximate surface area is 213 Å². The van der Waals surface area contributed by atoms with Crippen LogP contribution < -0.4 is 15.1 Å². The van der Waals surface area contributed by atoms with E-state index >= 15 is 8.78 Å². The fraction of sp³-hybridized carbons (Fsp3) is 0.296. The van der Waals surface area contributed by atoms with Gasteiger partial charge in [0, 0.05) is 45.0 Å². The number of H-pyrrole nitrogens is 1. The maximum Gasteiger partial charge on any atom is 0.252 e. The maximum atomic E-state index is 15.2. The van der Waals surface area contributed by atoms with Crippen molar-refractivity contribution in [3.8, 4) is 0 Å². The van der Waals surface area contributed by atoms with Gasteiger partial charge in [-0.15, -0.1) is 0 Å². The predicted molar refractivity (Wildman–Crippen MR) is 138 cm³/mol. The van der Waals surface area contributed by atoms with Crippen LogP contribution in [0.15, 0.2) is 61.1 Å². The Balaban J connectivity index is 1.32. The lowest BCUT2D eigenvalue weighted by Crippen LogP contribution is -2.36. The number of benzene rings is 2. The number of likely N-dealkylation sites (N-methyl/N-ethyl adjacent to an activating group) is 1. The Bertz CT molecular complexity index is 1370. The smallest absolute Gasteiger partial charge is 0.252 e. The highest BCUT2D eigenvalue weighted by Crippen LogP contribution is 2.31. The molecule has 37 heavy (non-hydrogen) atoms. The molecule has 2 aromatic heterocycles. The second-order valence-electron chi connectivity index (χ2n) is 9.12. The Morgan fingerprint density at radius 1 is 1.22 bits per heavy atom. The Hall–Kier alpha value is -4.05. The molecule has 0 spiro atoms. The molecular formula is C27H28F2N6O2. The summed E-state index contributed by atoms with van der Waals surface area (Å²) < 4.78 is 35.7. The summed E-state index contributed by atoms with van der Waals surface area (Å²) in [4.78, 5) is 28.3. The second-order valence-corrected chi connectivity index (χ2v) is 9.12. The predicted octanol–water partition coefficient (Wildman–Crippen LogP) is 4.07. The fourth-order valence-corrected chi connectivity index (χ4v) is 4.89. The molecule has 1 amide bonds. The van der Waals surface area contributed by atoms with E-state index < -0.39 is 23.6 Å². The van der Waals surface area contributed by atoms with Crippen LogP contribution in [0.3, 0.4) is 0 Å². The van der Waals surface area contributed by atoms with Crippen LogP contribution in [0.2, 0.25) is 0 Å². The summed E-state index contributed by atoms with van der Waals surface area (Å²) in [6.07, 6.45) is 4.01. The number of aromatic nitrogens is 3. The highest BCUT2D eigenvalue weighted by molar-refractivity contribution is 5.95. The van der Waals surface area contributed by atoms with Crippen molar-refractivity contribution in [1.29, 1.82) is 0 Å². The zero-order valence-electron chi connectivity index (χ0n) is 20.6. The quantitative estimate of drug-likeness (QED) is 0.375. The van der Waals surface area contributed by atoms with E-state index in [-0.39, 0.29) is 23.9 Å². The number of hydrogen-bond acceptors (Lipinski definition) is 6. The summed E-state index contributed by atoms with van der Waals surface area (Å²) in [5.41, 5.74) is 1.33. The van der Waals surface area contributed by atoms with Crippen LogP contribution in [0.1, 0.15) is 28.4 Å². The second kappa shape index (κ2) is 10.5. The molecule has 0 aliphatic carbocycles. The summed E-state index contributed by atoms with van der Waals surface area (Å²) in [6, 6.07) is 12.8. The molecular weight excluding hydrogens is 478 g/mol. The summed E-state index contributed by atoms with van der Waals surface area (Å²) >= 11 is 0. The Morgan fingerprint density at radius 2 is 1.97 bits per heavy atom. The largest absolute Gasteiger partial charge is 0.382 e. The number of nitrogens with zero attached hydrogens (tertiary/aromatic N) is 4. The standard InChI is InChI=1S/C27H28F2N6O2/c1-34(19-9-11-35(14-19)26-20-8-10-30-25(20)31-16-32-26)24-21(28)12-18(13-22(24)29)27(36)33-23(15-37-2)17-6-4-3-5-7-17/h3-8,10,12-13,16,19,23H,9,11,14-15H2,1-2H3,(H,33,36)(H,30,31,32)/t19-,23-/m1/s1. The van der Waals surface area contributed by atoms with Crippen molar-refractivity contribution in [1.82, 2.24) is 20.3 Å². The van der Waals surface area contributed by atoms with Crippen LogP contribution in [0.4, 0.5) is 20.3 Å². The van der Waals surface area contributed by atoms with Gasteiger partial charge in [-0.25, -0.2) is 18.7 Å². The van der Waals surface area contributed by atoms with Crippen LogP contribution in [-0.4, -0.2) is 60.8 Å². The molecule has 0 unspecified atom stereocenters. The van der Waals surface area contributed by atoms with Gasteiger partial charge < -0.3 is 24.8 Å². The molecule has 10 heteroatoms. The van der Waals surface area contributed by atoms with Crippen LogP contribution in [0.5, 0.6) is 0 Å². The van der Waals surface area contributed by atoms with Gasteiger partial charge in [-0.1, -0.05) is 30.3 Å². The first-order chi connectivity index (χ1) is 18.0. The van der Waals surface area contributed by atoms with Crippen molar-refractivity contribution >= 4 is 28.4 Å². The molecule has 8 nitrogen and oxygen atoms in total. The molecule has 0 bridgehead atoms. The van der Waals surface area contributed by atoms with Gasteiger partial charge in [-0.05, 0) is 30.2 Å². The lowest BCUT2D eigenvalue weighted by atomic mass is 10.1. The van der Waals surface area contributed by atoms with Crippen molar-refractivity contribution in [2.75, 3.05) is 43.7 Å². The number of rotatable bonds is 8. The van der Waals surface area contributed by atoms with E-state index in [0.29, 0.717) is 19.5 Å². The fourth-order valence-electron chi connectivity index (χ4n) is 4.89. The van der Waals surface area contributed by atoms with E-state index in [0.717, 1.165) is 34.5 Å². The Kier molecular flexibility index (Phi) is 7.00. The minimum absolute atomic E-state index is 0.0898. The van der Waals surface area contributed by atoms with Crippen LogP contribution >= 0.6 is 0 Å². The van der Waals surface area contributed by atoms with Gasteiger partial charge >= 0.3 is 0 Å². The van der Waals surface area contributed by atoms with Gasteiger partial charge in [0.25, 0.3) is 5.91 Å². The number of carbonyl (C=O) groups excluding carboxylic acids is 1. The normalized spacial score (nSPS) is 16.2. The molecule has 1 saturated heterocycles. The molecule has 2 aromatic carbocycles. The number of methoxy groups -OCH3 is 1. The van der Waals surface area contributed by atoms with Gasteiger partial charge in [-0.2, -0.15) is 0 Å². The van der Waals surface area contributed by atoms with Crippen LogP contribution in [-0.2, 0) is 4.74 Å². The number of carbonyl (C=O) groups is 1. The monoisotopic (exact) mass is 506 g/mol. The Morgan fingerprint density at radius 3 is 2.70 bits per heavy atom. The third-order valence-corrected chi connectivity index (χ3v) is 6.82. The first kappa shape index (κ1) is 24.6. The van der Waals surface area contributed by atoms with Crippen LogP contribution in [0.25, 0.3) is 11.0 Å². The molecule has 3 heterocycles. The van der Waals surface area contributed by atoms with Crippen LogP contribution in [0, 0.1) is 11.6 Å². The molecule has 1 fully saturated rings. The zero-order chi connectivity index (χ0) is 25.9. The van der Waals surface area contributed by atoms with Gasteiger partial charge in [-0.3, -0.25) is 4.79 Å². The number of aromatic amines is 1. The number of hydrogen-bond donors (Lipinski definition) is 2. The average molecular weight is 507 g/mol. The molecule has 2 atom stereocenters.